The normalized spacial score (nSPS) is 17.6. The number of aliphatic hydroxyl groups excluding tert-OH is 1. The second-order valence-electron chi connectivity index (χ2n) is 6.53. The lowest BCUT2D eigenvalue weighted by atomic mass is 9.99. The van der Waals surface area contributed by atoms with E-state index in [9.17, 15) is 15.2 Å². The van der Waals surface area contributed by atoms with E-state index in [0.717, 1.165) is 24.6 Å². The minimum atomic E-state index is -0.450. The van der Waals surface area contributed by atoms with Gasteiger partial charge in [-0.15, -0.1) is 0 Å². The first-order valence-electron chi connectivity index (χ1n) is 8.42. The van der Waals surface area contributed by atoms with E-state index >= 15 is 0 Å². The standard InChI is InChI=1S/C17H27N3O4/c1-13-5-7-19(8-6-13)12-15(21)11-18-10-14-3-4-17(24-2)16(9-14)20(22)23/h3-4,9,13,15,18,21H,5-8,10-12H2,1-2H3. The summed E-state index contributed by atoms with van der Waals surface area (Å²) < 4.78 is 4.99. The van der Waals surface area contributed by atoms with Crippen LogP contribution in [0.2, 0.25) is 0 Å². The summed E-state index contributed by atoms with van der Waals surface area (Å²) in [5.41, 5.74) is 0.751. The van der Waals surface area contributed by atoms with Crippen LogP contribution in [-0.2, 0) is 6.54 Å². The molecule has 1 aromatic rings. The zero-order valence-electron chi connectivity index (χ0n) is 14.4. The fraction of sp³-hybridized carbons (Fsp3) is 0.647. The summed E-state index contributed by atoms with van der Waals surface area (Å²) in [7, 11) is 1.41. The number of benzene rings is 1. The number of aliphatic hydroxyl groups is 1. The largest absolute Gasteiger partial charge is 0.490 e. The van der Waals surface area contributed by atoms with Crippen molar-refractivity contribution < 1.29 is 14.8 Å². The van der Waals surface area contributed by atoms with Gasteiger partial charge in [-0.1, -0.05) is 13.0 Å². The van der Waals surface area contributed by atoms with Crippen LogP contribution in [0.3, 0.4) is 0 Å². The summed E-state index contributed by atoms with van der Waals surface area (Å²) in [6, 6.07) is 4.89. The van der Waals surface area contributed by atoms with Gasteiger partial charge in [0.05, 0.1) is 18.1 Å². The second-order valence-corrected chi connectivity index (χ2v) is 6.53. The number of nitrogens with one attached hydrogen (secondary N) is 1. The van der Waals surface area contributed by atoms with E-state index in [4.69, 9.17) is 4.74 Å². The highest BCUT2D eigenvalue weighted by atomic mass is 16.6. The molecule has 1 aliphatic heterocycles. The molecular formula is C17H27N3O4. The number of likely N-dealkylation sites (tertiary alicyclic amines) is 1. The molecule has 0 radical (unpaired) electrons. The van der Waals surface area contributed by atoms with Crippen LogP contribution in [0.25, 0.3) is 0 Å². The summed E-state index contributed by atoms with van der Waals surface area (Å²) >= 11 is 0. The molecule has 1 fully saturated rings. The summed E-state index contributed by atoms with van der Waals surface area (Å²) in [5.74, 6) is 1.03. The SMILES string of the molecule is COc1ccc(CNCC(O)CN2CCC(C)CC2)cc1[N+](=O)[O-]. The minimum Gasteiger partial charge on any atom is -0.490 e. The van der Waals surface area contributed by atoms with Crippen molar-refractivity contribution >= 4 is 5.69 Å². The lowest BCUT2D eigenvalue weighted by molar-refractivity contribution is -0.385. The maximum atomic E-state index is 11.0. The lowest BCUT2D eigenvalue weighted by Gasteiger charge is -2.31. The Labute approximate surface area is 142 Å². The van der Waals surface area contributed by atoms with Crippen molar-refractivity contribution in [2.24, 2.45) is 5.92 Å². The third-order valence-corrected chi connectivity index (χ3v) is 4.49. The molecule has 134 valence electrons. The van der Waals surface area contributed by atoms with Crippen LogP contribution in [0.15, 0.2) is 18.2 Å². The molecule has 1 aliphatic rings. The Balaban J connectivity index is 1.77. The fourth-order valence-electron chi connectivity index (χ4n) is 2.98. The van der Waals surface area contributed by atoms with E-state index in [2.05, 4.69) is 17.1 Å². The maximum absolute atomic E-state index is 11.0. The molecule has 7 heteroatoms. The number of hydrogen-bond donors (Lipinski definition) is 2. The summed E-state index contributed by atoms with van der Waals surface area (Å²) in [6.07, 6.45) is 1.94. The van der Waals surface area contributed by atoms with Crippen LogP contribution in [0.4, 0.5) is 5.69 Å². The van der Waals surface area contributed by atoms with Crippen LogP contribution in [0, 0.1) is 16.0 Å². The molecule has 2 N–H and O–H groups in total. The molecule has 24 heavy (non-hydrogen) atoms. The maximum Gasteiger partial charge on any atom is 0.311 e. The second kappa shape index (κ2) is 8.96. The van der Waals surface area contributed by atoms with Gasteiger partial charge in [-0.3, -0.25) is 10.1 Å². The van der Waals surface area contributed by atoms with Gasteiger partial charge < -0.3 is 20.1 Å². The van der Waals surface area contributed by atoms with Crippen molar-refractivity contribution in [1.82, 2.24) is 10.2 Å². The van der Waals surface area contributed by atoms with Gasteiger partial charge in [-0.2, -0.15) is 0 Å². The number of hydrogen-bond acceptors (Lipinski definition) is 6. The van der Waals surface area contributed by atoms with Crippen molar-refractivity contribution in [3.63, 3.8) is 0 Å². The molecule has 1 unspecified atom stereocenters. The molecule has 2 rings (SSSR count). The van der Waals surface area contributed by atoms with Crippen molar-refractivity contribution in [1.29, 1.82) is 0 Å². The van der Waals surface area contributed by atoms with Crippen LogP contribution in [0.5, 0.6) is 5.75 Å². The monoisotopic (exact) mass is 337 g/mol. The van der Waals surface area contributed by atoms with Crippen molar-refractivity contribution in [2.75, 3.05) is 33.3 Å². The zero-order chi connectivity index (χ0) is 17.5. The molecule has 7 nitrogen and oxygen atoms in total. The molecule has 0 aliphatic carbocycles. The Morgan fingerprint density at radius 3 is 2.79 bits per heavy atom. The predicted octanol–water partition coefficient (Wildman–Crippen LogP) is 1.79. The molecule has 1 aromatic carbocycles. The molecule has 0 aromatic heterocycles. The number of methoxy groups -OCH3 is 1. The number of ether oxygens (including phenoxy) is 1. The van der Waals surface area contributed by atoms with Crippen LogP contribution >= 0.6 is 0 Å². The molecule has 1 heterocycles. The summed E-state index contributed by atoms with van der Waals surface area (Å²) in [6.45, 7) is 5.96. The summed E-state index contributed by atoms with van der Waals surface area (Å²) in [5, 5.41) is 24.3. The Morgan fingerprint density at radius 2 is 2.17 bits per heavy atom. The van der Waals surface area contributed by atoms with E-state index in [1.165, 1.54) is 26.0 Å². The van der Waals surface area contributed by atoms with Crippen LogP contribution in [0.1, 0.15) is 25.3 Å². The van der Waals surface area contributed by atoms with Gasteiger partial charge in [0.2, 0.25) is 0 Å². The van der Waals surface area contributed by atoms with E-state index in [1.807, 2.05) is 0 Å². The van der Waals surface area contributed by atoms with Gasteiger partial charge in [0, 0.05) is 25.7 Å². The number of β-amino-alcohol motifs (C(OH)–C–C–N with tert-alkyl or cyclic N) is 1. The fourth-order valence-corrected chi connectivity index (χ4v) is 2.98. The van der Waals surface area contributed by atoms with Gasteiger partial charge in [0.25, 0.3) is 0 Å². The first-order valence-corrected chi connectivity index (χ1v) is 8.42. The third-order valence-electron chi connectivity index (χ3n) is 4.49. The molecule has 0 spiro atoms. The lowest BCUT2D eigenvalue weighted by Crippen LogP contribution is -2.41. The topological polar surface area (TPSA) is 87.9 Å². The van der Waals surface area contributed by atoms with Gasteiger partial charge in [-0.05, 0) is 43.5 Å². The van der Waals surface area contributed by atoms with Crippen molar-refractivity contribution in [3.8, 4) is 5.75 Å². The Hall–Kier alpha value is -1.70. The number of piperidine rings is 1. The van der Waals surface area contributed by atoms with E-state index in [0.29, 0.717) is 19.6 Å². The summed E-state index contributed by atoms with van der Waals surface area (Å²) in [4.78, 5) is 12.9. The first kappa shape index (κ1) is 18.6. The van der Waals surface area contributed by atoms with Crippen molar-refractivity contribution in [3.05, 3.63) is 33.9 Å². The van der Waals surface area contributed by atoms with Gasteiger partial charge >= 0.3 is 5.69 Å². The third kappa shape index (κ3) is 5.43. The van der Waals surface area contributed by atoms with Crippen LogP contribution in [-0.4, -0.2) is 54.3 Å². The quantitative estimate of drug-likeness (QED) is 0.555. The molecule has 1 atom stereocenters. The molecular weight excluding hydrogens is 310 g/mol. The number of nitro groups is 1. The minimum absolute atomic E-state index is 0.0419. The highest BCUT2D eigenvalue weighted by Gasteiger charge is 2.18. The molecule has 1 saturated heterocycles. The van der Waals surface area contributed by atoms with Crippen LogP contribution < -0.4 is 10.1 Å². The number of nitrogens with zero attached hydrogens (tertiary/aromatic N) is 2. The number of nitro benzene ring substituents is 1. The predicted molar refractivity (Wildman–Crippen MR) is 92.2 cm³/mol. The highest BCUT2D eigenvalue weighted by molar-refractivity contribution is 5.48. The zero-order valence-corrected chi connectivity index (χ0v) is 14.4. The van der Waals surface area contributed by atoms with E-state index in [1.54, 1.807) is 12.1 Å². The molecule has 0 saturated carbocycles. The van der Waals surface area contributed by atoms with Gasteiger partial charge in [0.1, 0.15) is 0 Å². The molecule has 0 bridgehead atoms. The van der Waals surface area contributed by atoms with E-state index in [-0.39, 0.29) is 11.4 Å². The highest BCUT2D eigenvalue weighted by Crippen LogP contribution is 2.27. The first-order chi connectivity index (χ1) is 11.5. The average molecular weight is 337 g/mol. The Bertz CT molecular complexity index is 545. The number of rotatable bonds is 8. The van der Waals surface area contributed by atoms with Gasteiger partial charge in [0.15, 0.2) is 5.75 Å². The smallest absolute Gasteiger partial charge is 0.311 e. The Kier molecular flexibility index (Phi) is 6.96. The Morgan fingerprint density at radius 1 is 1.46 bits per heavy atom. The average Bonchev–Trinajstić information content (AvgIpc) is 2.56. The van der Waals surface area contributed by atoms with E-state index < -0.39 is 11.0 Å². The van der Waals surface area contributed by atoms with Gasteiger partial charge in [-0.25, -0.2) is 0 Å². The molecule has 0 amide bonds. The van der Waals surface area contributed by atoms with Crippen molar-refractivity contribution in [2.45, 2.75) is 32.4 Å².